The average Bonchev–Trinajstić information content (AvgIpc) is 2.29. The molecule has 0 radical (unpaired) electrons. The highest BCUT2D eigenvalue weighted by molar-refractivity contribution is 5.37. The van der Waals surface area contributed by atoms with Crippen LogP contribution in [-0.4, -0.2) is 30.0 Å². The van der Waals surface area contributed by atoms with Gasteiger partial charge in [-0.25, -0.2) is 0 Å². The second kappa shape index (κ2) is 4.41. The number of hydrogen-bond acceptors (Lipinski definition) is 3. The zero-order chi connectivity index (χ0) is 10.7. The molecule has 1 aromatic heterocycles. The molecule has 0 amide bonds. The van der Waals surface area contributed by atoms with Gasteiger partial charge in [-0.2, -0.15) is 5.26 Å². The molecule has 2 heterocycles. The molecule has 1 aromatic rings. The van der Waals surface area contributed by atoms with E-state index in [1.807, 2.05) is 6.07 Å². The van der Waals surface area contributed by atoms with Gasteiger partial charge in [-0.05, 0) is 44.0 Å². The highest BCUT2D eigenvalue weighted by Gasteiger charge is 2.20. The summed E-state index contributed by atoms with van der Waals surface area (Å²) in [6.45, 7) is 2.22. The molecule has 3 nitrogen and oxygen atoms in total. The van der Waals surface area contributed by atoms with Crippen LogP contribution < -0.4 is 0 Å². The maximum Gasteiger partial charge on any atom is 0.101 e. The van der Waals surface area contributed by atoms with Crippen molar-refractivity contribution in [3.63, 3.8) is 0 Å². The minimum Gasteiger partial charge on any atom is -0.306 e. The molecule has 0 N–H and O–H groups in total. The van der Waals surface area contributed by atoms with Crippen LogP contribution >= 0.6 is 0 Å². The van der Waals surface area contributed by atoms with Crippen molar-refractivity contribution in [3.05, 3.63) is 29.6 Å². The van der Waals surface area contributed by atoms with Crippen LogP contribution in [0.1, 0.15) is 29.9 Å². The number of likely N-dealkylation sites (N-methyl/N-ethyl adjacent to an activating group) is 1. The van der Waals surface area contributed by atoms with Crippen LogP contribution in [0.3, 0.4) is 0 Å². The zero-order valence-corrected chi connectivity index (χ0v) is 8.98. The largest absolute Gasteiger partial charge is 0.306 e. The summed E-state index contributed by atoms with van der Waals surface area (Å²) in [7, 11) is 2.14. The van der Waals surface area contributed by atoms with Crippen molar-refractivity contribution in [2.75, 3.05) is 20.1 Å². The van der Waals surface area contributed by atoms with E-state index in [-0.39, 0.29) is 0 Å². The summed E-state index contributed by atoms with van der Waals surface area (Å²) in [5.74, 6) is 0.501. The number of rotatable bonds is 1. The van der Waals surface area contributed by atoms with Gasteiger partial charge in [-0.15, -0.1) is 0 Å². The van der Waals surface area contributed by atoms with Gasteiger partial charge in [0.15, 0.2) is 0 Å². The maximum absolute atomic E-state index is 9.01. The predicted octanol–water partition coefficient (Wildman–Crippen LogP) is 1.76. The van der Waals surface area contributed by atoms with Crippen LogP contribution in [0.25, 0.3) is 0 Å². The third-order valence-electron chi connectivity index (χ3n) is 3.04. The Morgan fingerprint density at radius 3 is 3.20 bits per heavy atom. The molecule has 78 valence electrons. The maximum atomic E-state index is 9.01. The Morgan fingerprint density at radius 2 is 2.47 bits per heavy atom. The molecule has 1 unspecified atom stereocenters. The molecular weight excluding hydrogens is 186 g/mol. The molecule has 1 aliphatic rings. The van der Waals surface area contributed by atoms with Crippen molar-refractivity contribution < 1.29 is 0 Å². The molecule has 0 bridgehead atoms. The summed E-state index contributed by atoms with van der Waals surface area (Å²) in [6, 6.07) is 4.22. The van der Waals surface area contributed by atoms with Crippen molar-refractivity contribution >= 4 is 0 Å². The number of nitrogens with zero attached hydrogens (tertiary/aromatic N) is 3. The van der Waals surface area contributed by atoms with E-state index < -0.39 is 0 Å². The van der Waals surface area contributed by atoms with E-state index in [2.05, 4.69) is 23.0 Å². The second-order valence-corrected chi connectivity index (χ2v) is 4.18. The fourth-order valence-electron chi connectivity index (χ4n) is 2.27. The quantitative estimate of drug-likeness (QED) is 0.695. The van der Waals surface area contributed by atoms with Crippen LogP contribution in [-0.2, 0) is 0 Å². The first kappa shape index (κ1) is 10.1. The first-order chi connectivity index (χ1) is 7.31. The van der Waals surface area contributed by atoms with Gasteiger partial charge in [0.2, 0.25) is 0 Å². The Labute approximate surface area is 90.4 Å². The van der Waals surface area contributed by atoms with Gasteiger partial charge in [-0.1, -0.05) is 0 Å². The van der Waals surface area contributed by atoms with Crippen molar-refractivity contribution in [1.82, 2.24) is 9.88 Å². The van der Waals surface area contributed by atoms with Crippen LogP contribution in [0, 0.1) is 11.3 Å². The molecule has 0 aliphatic carbocycles. The fourth-order valence-corrected chi connectivity index (χ4v) is 2.27. The van der Waals surface area contributed by atoms with E-state index in [1.54, 1.807) is 12.4 Å². The number of hydrogen-bond donors (Lipinski definition) is 0. The zero-order valence-electron chi connectivity index (χ0n) is 8.98. The lowest BCUT2D eigenvalue weighted by Gasteiger charge is -2.30. The monoisotopic (exact) mass is 201 g/mol. The molecular formula is C12H15N3. The van der Waals surface area contributed by atoms with Crippen LogP contribution in [0.5, 0.6) is 0 Å². The number of piperidine rings is 1. The first-order valence-corrected chi connectivity index (χ1v) is 5.34. The minimum atomic E-state index is 0.501. The van der Waals surface area contributed by atoms with Crippen LogP contribution in [0.4, 0.5) is 0 Å². The first-order valence-electron chi connectivity index (χ1n) is 5.34. The molecule has 0 aromatic carbocycles. The molecule has 1 atom stereocenters. The summed E-state index contributed by atoms with van der Waals surface area (Å²) < 4.78 is 0. The Kier molecular flexibility index (Phi) is 2.98. The standard InChI is InChI=1S/C12H15N3/c1-15-6-2-3-10(9-15)12-4-5-14-8-11(12)7-13/h4-5,8,10H,2-3,6,9H2,1H3. The van der Waals surface area contributed by atoms with E-state index in [0.717, 1.165) is 12.1 Å². The Morgan fingerprint density at radius 1 is 1.60 bits per heavy atom. The molecule has 2 rings (SSSR count). The highest BCUT2D eigenvalue weighted by Crippen LogP contribution is 2.27. The molecule has 15 heavy (non-hydrogen) atoms. The Hall–Kier alpha value is -1.40. The molecule has 3 heteroatoms. The second-order valence-electron chi connectivity index (χ2n) is 4.18. The number of likely N-dealkylation sites (tertiary alicyclic amines) is 1. The summed E-state index contributed by atoms with van der Waals surface area (Å²) in [5, 5.41) is 9.01. The van der Waals surface area contributed by atoms with E-state index in [0.29, 0.717) is 5.92 Å². The van der Waals surface area contributed by atoms with Crippen molar-refractivity contribution in [2.45, 2.75) is 18.8 Å². The van der Waals surface area contributed by atoms with Crippen molar-refractivity contribution in [3.8, 4) is 6.07 Å². The third-order valence-corrected chi connectivity index (χ3v) is 3.04. The minimum absolute atomic E-state index is 0.501. The molecule has 1 fully saturated rings. The van der Waals surface area contributed by atoms with E-state index in [4.69, 9.17) is 5.26 Å². The normalized spacial score (nSPS) is 22.3. The Bertz CT molecular complexity index is 381. The van der Waals surface area contributed by atoms with Crippen molar-refractivity contribution in [1.29, 1.82) is 5.26 Å². The lowest BCUT2D eigenvalue weighted by molar-refractivity contribution is 0.250. The van der Waals surface area contributed by atoms with Gasteiger partial charge >= 0.3 is 0 Å². The van der Waals surface area contributed by atoms with Crippen LogP contribution in [0.2, 0.25) is 0 Å². The van der Waals surface area contributed by atoms with E-state index >= 15 is 0 Å². The molecule has 1 aliphatic heterocycles. The smallest absolute Gasteiger partial charge is 0.101 e. The van der Waals surface area contributed by atoms with Gasteiger partial charge in [0.25, 0.3) is 0 Å². The average molecular weight is 201 g/mol. The summed E-state index contributed by atoms with van der Waals surface area (Å²) >= 11 is 0. The Balaban J connectivity index is 2.25. The van der Waals surface area contributed by atoms with E-state index in [9.17, 15) is 0 Å². The number of nitriles is 1. The summed E-state index contributed by atoms with van der Waals surface area (Å²) in [5.41, 5.74) is 1.90. The highest BCUT2D eigenvalue weighted by atomic mass is 15.1. The number of aromatic nitrogens is 1. The fraction of sp³-hybridized carbons (Fsp3) is 0.500. The molecule has 0 spiro atoms. The summed E-state index contributed by atoms with van der Waals surface area (Å²) in [6.07, 6.45) is 5.85. The summed E-state index contributed by atoms with van der Waals surface area (Å²) in [4.78, 5) is 6.32. The lowest BCUT2D eigenvalue weighted by Crippen LogP contribution is -2.31. The SMILES string of the molecule is CN1CCCC(c2ccncc2C#N)C1. The lowest BCUT2D eigenvalue weighted by atomic mass is 9.89. The topological polar surface area (TPSA) is 39.9 Å². The van der Waals surface area contributed by atoms with Gasteiger partial charge in [0.1, 0.15) is 6.07 Å². The third kappa shape index (κ3) is 2.16. The predicted molar refractivity (Wildman–Crippen MR) is 58.4 cm³/mol. The number of pyridine rings is 1. The van der Waals surface area contributed by atoms with Gasteiger partial charge in [0, 0.05) is 18.9 Å². The van der Waals surface area contributed by atoms with Crippen LogP contribution in [0.15, 0.2) is 18.5 Å². The van der Waals surface area contributed by atoms with Gasteiger partial charge < -0.3 is 4.90 Å². The van der Waals surface area contributed by atoms with Gasteiger partial charge in [-0.3, -0.25) is 4.98 Å². The molecule has 0 saturated carbocycles. The van der Waals surface area contributed by atoms with E-state index in [1.165, 1.54) is 24.9 Å². The van der Waals surface area contributed by atoms with Crippen molar-refractivity contribution in [2.24, 2.45) is 0 Å². The van der Waals surface area contributed by atoms with Gasteiger partial charge in [0.05, 0.1) is 5.56 Å². The molecule has 1 saturated heterocycles.